The van der Waals surface area contributed by atoms with Gasteiger partial charge in [-0.25, -0.2) is 0 Å². The van der Waals surface area contributed by atoms with Gasteiger partial charge in [0.05, 0.1) is 0 Å². The molecule has 0 unspecified atom stereocenters. The van der Waals surface area contributed by atoms with Crippen molar-refractivity contribution >= 4 is 29.1 Å². The van der Waals surface area contributed by atoms with Crippen LogP contribution in [0.3, 0.4) is 0 Å². The third kappa shape index (κ3) is 3.40. The molecule has 2 aliphatic heterocycles. The molecule has 0 saturated carbocycles. The first kappa shape index (κ1) is 22.1. The molecule has 0 N–H and O–H groups in total. The molecule has 6 aromatic rings. The molecule has 0 radical (unpaired) electrons. The predicted molar refractivity (Wildman–Crippen MR) is 164 cm³/mol. The Morgan fingerprint density at radius 1 is 0.487 bits per heavy atom. The van der Waals surface area contributed by atoms with Crippen molar-refractivity contribution < 1.29 is 0 Å². The fourth-order valence-electron chi connectivity index (χ4n) is 6.44. The summed E-state index contributed by atoms with van der Waals surface area (Å²) in [6.45, 7) is 2.23. The van der Waals surface area contributed by atoms with Crippen molar-refractivity contribution in [2.45, 2.75) is 6.92 Å². The van der Waals surface area contributed by atoms with Crippen molar-refractivity contribution in [2.24, 2.45) is 0 Å². The average Bonchev–Trinajstić information content (AvgIpc) is 3.00. The highest BCUT2D eigenvalue weighted by atomic mass is 15.1. The Labute approximate surface area is 229 Å². The van der Waals surface area contributed by atoms with Crippen LogP contribution < -0.4 is 15.7 Å². The Morgan fingerprint density at radius 3 is 1.77 bits per heavy atom. The largest absolute Gasteiger partial charge is 0.376 e. The number of aryl methyl sites for hydroxylation is 1. The first-order valence-electron chi connectivity index (χ1n) is 13.5. The highest BCUT2D eigenvalue weighted by Gasteiger charge is 2.41. The Hall–Kier alpha value is -4.89. The van der Waals surface area contributed by atoms with E-state index < -0.39 is 0 Å². The molecular weight excluding hydrogens is 471 g/mol. The van der Waals surface area contributed by atoms with E-state index in [1.165, 1.54) is 66.8 Å². The fraction of sp³-hybridized carbons (Fsp3) is 0.0278. The van der Waals surface area contributed by atoms with Crippen LogP contribution in [-0.2, 0) is 0 Å². The molecule has 0 bridgehead atoms. The van der Waals surface area contributed by atoms with Gasteiger partial charge in [-0.05, 0) is 75.5 Å². The zero-order valence-electron chi connectivity index (χ0n) is 21.7. The molecule has 2 aliphatic rings. The number of fused-ring (bicyclic) bond motifs is 11. The minimum Gasteiger partial charge on any atom is -0.376 e. The zero-order valence-corrected chi connectivity index (χ0v) is 21.7. The molecule has 8 rings (SSSR count). The first-order valence-corrected chi connectivity index (χ1v) is 13.5. The van der Waals surface area contributed by atoms with Gasteiger partial charge in [0.1, 0.15) is 0 Å². The molecule has 0 amide bonds. The van der Waals surface area contributed by atoms with Crippen LogP contribution in [0.25, 0.3) is 44.5 Å². The number of benzene rings is 5. The van der Waals surface area contributed by atoms with Gasteiger partial charge >= 0.3 is 6.85 Å². The van der Waals surface area contributed by atoms with Crippen LogP contribution in [0.15, 0.2) is 134 Å². The van der Waals surface area contributed by atoms with Crippen LogP contribution >= 0.6 is 0 Å². The van der Waals surface area contributed by atoms with Crippen molar-refractivity contribution in [3.8, 4) is 44.5 Å². The van der Waals surface area contributed by atoms with E-state index >= 15 is 0 Å². The molecule has 39 heavy (non-hydrogen) atoms. The third-order valence-corrected chi connectivity index (χ3v) is 8.20. The van der Waals surface area contributed by atoms with Gasteiger partial charge in [0.25, 0.3) is 0 Å². The molecule has 0 saturated heterocycles. The number of nitrogens with zero attached hydrogens (tertiary/aromatic N) is 2. The molecule has 1 aromatic heterocycles. The van der Waals surface area contributed by atoms with E-state index in [0.717, 1.165) is 5.56 Å². The fourth-order valence-corrected chi connectivity index (χ4v) is 6.44. The van der Waals surface area contributed by atoms with E-state index in [0.29, 0.717) is 0 Å². The second kappa shape index (κ2) is 8.57. The van der Waals surface area contributed by atoms with Crippen LogP contribution in [0.2, 0.25) is 0 Å². The molecule has 5 aromatic carbocycles. The number of aromatic nitrogens is 1. The SMILES string of the molecule is Cc1cncc(-c2ccc(-c3ccc4c(c3)-c3ccccc3B3c5ccccc5-c5ccccc5N34)cc2)c1. The summed E-state index contributed by atoms with van der Waals surface area (Å²) in [7, 11) is 0. The standard InChI is InChI=1S/C36H25BN2/c1-24-20-28(23-38-22-24)26-16-14-25(15-17-26)27-18-19-36-32(21-27)30-9-3-6-12-34(30)37-33-11-5-2-8-29(33)31-10-4-7-13-35(31)39(36)37/h2-23H,1H3. The number of anilines is 2. The summed E-state index contributed by atoms with van der Waals surface area (Å²) < 4.78 is 0. The Morgan fingerprint density at radius 2 is 1.05 bits per heavy atom. The van der Waals surface area contributed by atoms with Gasteiger partial charge in [0.2, 0.25) is 0 Å². The predicted octanol–water partition coefficient (Wildman–Crippen LogP) is 7.63. The molecule has 0 aliphatic carbocycles. The van der Waals surface area contributed by atoms with Gasteiger partial charge in [0.15, 0.2) is 0 Å². The van der Waals surface area contributed by atoms with E-state index in [9.17, 15) is 0 Å². The zero-order chi connectivity index (χ0) is 25.9. The molecule has 2 nitrogen and oxygen atoms in total. The molecular formula is C36H25BN2. The highest BCUT2D eigenvalue weighted by Crippen LogP contribution is 2.46. The second-order valence-electron chi connectivity index (χ2n) is 10.5. The maximum absolute atomic E-state index is 4.37. The van der Waals surface area contributed by atoms with Gasteiger partial charge in [-0.1, -0.05) is 97.1 Å². The summed E-state index contributed by atoms with van der Waals surface area (Å²) in [5.74, 6) is 0. The minimum absolute atomic E-state index is 0.146. The Bertz CT molecular complexity index is 1890. The van der Waals surface area contributed by atoms with Crippen molar-refractivity contribution in [1.82, 2.24) is 4.98 Å². The van der Waals surface area contributed by atoms with E-state index in [1.54, 1.807) is 0 Å². The maximum atomic E-state index is 4.37. The number of rotatable bonds is 2. The normalized spacial score (nSPS) is 12.6. The van der Waals surface area contributed by atoms with E-state index in [2.05, 4.69) is 138 Å². The lowest BCUT2D eigenvalue weighted by atomic mass is 9.43. The minimum atomic E-state index is 0.146. The van der Waals surface area contributed by atoms with Gasteiger partial charge in [-0.15, -0.1) is 0 Å². The van der Waals surface area contributed by atoms with E-state index in [4.69, 9.17) is 0 Å². The van der Waals surface area contributed by atoms with Crippen LogP contribution in [0.1, 0.15) is 5.56 Å². The first-order chi connectivity index (χ1) is 19.3. The quantitative estimate of drug-likeness (QED) is 0.229. The lowest BCUT2D eigenvalue weighted by molar-refractivity contribution is 1.27. The van der Waals surface area contributed by atoms with E-state index in [-0.39, 0.29) is 6.85 Å². The van der Waals surface area contributed by atoms with Crippen LogP contribution in [0.5, 0.6) is 0 Å². The summed E-state index contributed by atoms with van der Waals surface area (Å²) in [6, 6.07) is 44.6. The molecule has 3 heteroatoms. The van der Waals surface area contributed by atoms with Gasteiger partial charge in [-0.2, -0.15) is 0 Å². The summed E-state index contributed by atoms with van der Waals surface area (Å²) >= 11 is 0. The molecule has 0 spiro atoms. The summed E-state index contributed by atoms with van der Waals surface area (Å²) in [4.78, 5) is 6.92. The number of pyridine rings is 1. The average molecular weight is 496 g/mol. The van der Waals surface area contributed by atoms with Crippen LogP contribution in [-0.4, -0.2) is 11.8 Å². The summed E-state index contributed by atoms with van der Waals surface area (Å²) in [5, 5.41) is 0. The summed E-state index contributed by atoms with van der Waals surface area (Å²) in [5.41, 5.74) is 16.4. The lowest BCUT2D eigenvalue weighted by Gasteiger charge is -2.43. The Kier molecular flexibility index (Phi) is 4.87. The molecule has 0 fully saturated rings. The van der Waals surface area contributed by atoms with Crippen molar-refractivity contribution in [1.29, 1.82) is 0 Å². The highest BCUT2D eigenvalue weighted by molar-refractivity contribution is 6.92. The van der Waals surface area contributed by atoms with Crippen molar-refractivity contribution in [2.75, 3.05) is 4.81 Å². The van der Waals surface area contributed by atoms with Gasteiger partial charge < -0.3 is 4.81 Å². The van der Waals surface area contributed by atoms with Crippen LogP contribution in [0, 0.1) is 6.92 Å². The third-order valence-electron chi connectivity index (χ3n) is 8.20. The number of hydrogen-bond acceptors (Lipinski definition) is 2. The van der Waals surface area contributed by atoms with E-state index in [1.807, 2.05) is 12.4 Å². The smallest absolute Gasteiger partial charge is 0.329 e. The topological polar surface area (TPSA) is 16.1 Å². The van der Waals surface area contributed by atoms with Crippen LogP contribution in [0.4, 0.5) is 11.4 Å². The van der Waals surface area contributed by atoms with Crippen molar-refractivity contribution in [3.63, 3.8) is 0 Å². The number of para-hydroxylation sites is 1. The van der Waals surface area contributed by atoms with Gasteiger partial charge in [-0.3, -0.25) is 4.98 Å². The second-order valence-corrected chi connectivity index (χ2v) is 10.5. The maximum Gasteiger partial charge on any atom is 0.329 e. The van der Waals surface area contributed by atoms with Crippen molar-refractivity contribution in [3.05, 3.63) is 139 Å². The molecule has 0 atom stereocenters. The monoisotopic (exact) mass is 496 g/mol. The van der Waals surface area contributed by atoms with Gasteiger partial charge in [0, 0.05) is 40.5 Å². The Balaban J connectivity index is 1.29. The number of hydrogen-bond donors (Lipinski definition) is 0. The summed E-state index contributed by atoms with van der Waals surface area (Å²) in [6.07, 6.45) is 3.83. The molecule has 182 valence electrons. The molecule has 3 heterocycles. The lowest BCUT2D eigenvalue weighted by Crippen LogP contribution is -2.59.